The van der Waals surface area contributed by atoms with Crippen LogP contribution in [0.4, 0.5) is 5.95 Å². The second-order valence-corrected chi connectivity index (χ2v) is 32.7. The zero-order valence-corrected chi connectivity index (χ0v) is 66.0. The minimum absolute atomic E-state index is 0.0286. The number of sulfonamides is 1. The number of ketones is 3. The standard InChI is InChI=1S/C76H100N14O20S3/c1-50-37-60(110-36-16-23-67(94)78-26-27-79-72(98)64(48-111(102,103)104)84-73(99)65(49-112(105,106)107)83-68(95)40-59-46-89(45-54(5)93)35-34-88(44-53(4)92)33-32-87(30-28-77-59)43-52(3)91)38-51(2)70(50)113(108,109)85-63(74(100)101)42-81-71(97)62-47-86(6)66-39-55(24-25-61(66)69(62)96)41-82-75-80-29-31-90(75)76(56-17-10-7-11-18-56,57-19-12-8-13-20-57)58-21-14-9-15-22-58/h7-15,17-22,24-25,29,31,37-39,47,59,63-65,77,85,102-107H,16,23,26-28,30,32-36,40-46,48-49H2,1-6H3,(H,78,94)(H,79,98)(H,80,82)(H,81,97)(H,83,95)(H,84,99)(H,100,101)/t59?,63-,64-,65-/m0/s1. The number of carboxylic acids is 1. The number of pyridine rings is 1. The van der Waals surface area contributed by atoms with Crippen molar-refractivity contribution in [1.82, 2.24) is 65.4 Å². The van der Waals surface area contributed by atoms with E-state index in [4.69, 9.17) is 9.72 Å². The number of rotatable bonds is 38. The van der Waals surface area contributed by atoms with Crippen LogP contribution in [0.2, 0.25) is 0 Å². The molecule has 1 aliphatic rings. The Morgan fingerprint density at radius 3 is 1.73 bits per heavy atom. The van der Waals surface area contributed by atoms with Crippen molar-refractivity contribution in [2.75, 3.05) is 109 Å². The number of hydrogen-bond acceptors (Lipinski definition) is 25. The molecule has 15 N–H and O–H groups in total. The maximum Gasteiger partial charge on any atom is 0.323 e. The molecule has 5 amide bonds. The molecule has 4 atom stereocenters. The quantitative estimate of drug-likeness (QED) is 0.0193. The van der Waals surface area contributed by atoms with E-state index in [0.29, 0.717) is 37.6 Å². The van der Waals surface area contributed by atoms with Crippen molar-refractivity contribution in [3.63, 3.8) is 0 Å². The average molecular weight is 1630 g/mol. The molecule has 5 aromatic carbocycles. The van der Waals surface area contributed by atoms with Crippen molar-refractivity contribution in [2.24, 2.45) is 7.05 Å². The second-order valence-electron chi connectivity index (χ2n) is 27.8. The van der Waals surface area contributed by atoms with E-state index in [1.54, 1.807) is 34.8 Å². The lowest BCUT2D eigenvalue weighted by Crippen LogP contribution is -2.57. The van der Waals surface area contributed by atoms with Gasteiger partial charge < -0.3 is 78.9 Å². The topological polar surface area (TPSA) is 484 Å². The Bertz CT molecular complexity index is 4560. The molecule has 1 saturated heterocycles. The van der Waals surface area contributed by atoms with E-state index in [0.717, 1.165) is 22.3 Å². The number of anilines is 1. The maximum atomic E-state index is 14.0. The fourth-order valence-electron chi connectivity index (χ4n) is 13.6. The summed E-state index contributed by atoms with van der Waals surface area (Å²) in [6.45, 7) is 8.40. The van der Waals surface area contributed by atoms with Crippen molar-refractivity contribution < 1.29 is 88.7 Å². The first-order valence-corrected chi connectivity index (χ1v) is 41.2. The SMILES string of the molecule is CC(=O)CN1CCNC(CC(=O)N[C@@H](CS(O)(O)O)C(=O)N[C@@H](CS(O)(O)O)C(=O)NCCNC(=O)CCCOc2cc(C)c(S(=O)(=O)N[C@@H](CNC(=O)c3cn(C)c4cc(CNc5nccn5C(c5ccccc5)(c5ccccc5)c5ccccc5)ccc4c3=O)C(=O)O)c(C)c2)CN(CC(C)=O)CCN(CC(C)=O)CC1. The van der Waals surface area contributed by atoms with E-state index >= 15 is 0 Å². The molecule has 3 heterocycles. The molecular formula is C76H100N14O20S3. The first kappa shape index (κ1) is 88.7. The van der Waals surface area contributed by atoms with Crippen molar-refractivity contribution in [2.45, 2.75) is 95.0 Å². The van der Waals surface area contributed by atoms with Gasteiger partial charge in [-0.2, -0.15) is 4.72 Å². The fraction of sp³-hybridized carbons (Fsp3) is 0.408. The van der Waals surface area contributed by atoms with Crippen LogP contribution in [0.1, 0.15) is 83.8 Å². The van der Waals surface area contributed by atoms with E-state index in [9.17, 15) is 88.8 Å². The van der Waals surface area contributed by atoms with E-state index in [1.807, 2.05) is 76.7 Å². The van der Waals surface area contributed by atoms with Crippen LogP contribution in [0.5, 0.6) is 5.75 Å². The van der Waals surface area contributed by atoms with Gasteiger partial charge >= 0.3 is 5.97 Å². The Kier molecular flexibility index (Phi) is 32.0. The lowest BCUT2D eigenvalue weighted by atomic mass is 9.76. The minimum Gasteiger partial charge on any atom is -0.494 e. The number of aryl methyl sites for hydroxylation is 3. The highest BCUT2D eigenvalue weighted by atomic mass is 32.3. The molecule has 7 aromatic rings. The molecule has 1 fully saturated rings. The largest absolute Gasteiger partial charge is 0.494 e. The highest BCUT2D eigenvalue weighted by Gasteiger charge is 2.41. The summed E-state index contributed by atoms with van der Waals surface area (Å²) in [5, 5.41) is 28.9. The molecule has 2 aromatic heterocycles. The molecule has 0 radical (unpaired) electrons. The lowest BCUT2D eigenvalue weighted by molar-refractivity contribution is -0.139. The van der Waals surface area contributed by atoms with Crippen molar-refractivity contribution >= 4 is 101 Å². The van der Waals surface area contributed by atoms with Crippen LogP contribution < -0.4 is 52.1 Å². The van der Waals surface area contributed by atoms with Crippen molar-refractivity contribution in [3.8, 4) is 5.75 Å². The van der Waals surface area contributed by atoms with Crippen LogP contribution in [-0.2, 0) is 67.5 Å². The van der Waals surface area contributed by atoms with E-state index in [1.165, 1.54) is 52.9 Å². The van der Waals surface area contributed by atoms with Crippen LogP contribution in [0.3, 0.4) is 0 Å². The molecule has 0 bridgehead atoms. The van der Waals surface area contributed by atoms with Crippen LogP contribution in [-0.4, -0.2) is 250 Å². The Balaban J connectivity index is 0.808. The van der Waals surface area contributed by atoms with Crippen LogP contribution in [0, 0.1) is 13.8 Å². The Hall–Kier alpha value is -9.84. The summed E-state index contributed by atoms with van der Waals surface area (Å²) in [5.74, 6) is -8.49. The Morgan fingerprint density at radius 1 is 0.646 bits per heavy atom. The summed E-state index contributed by atoms with van der Waals surface area (Å²) in [6.07, 6.45) is 4.55. The van der Waals surface area contributed by atoms with Gasteiger partial charge in [0, 0.05) is 122 Å². The van der Waals surface area contributed by atoms with Gasteiger partial charge in [-0.3, -0.25) is 67.2 Å². The highest BCUT2D eigenvalue weighted by molar-refractivity contribution is 8.19. The first-order valence-electron chi connectivity index (χ1n) is 36.3. The molecule has 612 valence electrons. The number of carbonyl (C=O) groups excluding carboxylic acids is 8. The molecule has 0 spiro atoms. The van der Waals surface area contributed by atoms with Crippen molar-refractivity contribution in [1.29, 1.82) is 0 Å². The normalized spacial score (nSPS) is 15.6. The monoisotopic (exact) mass is 1620 g/mol. The third-order valence-electron chi connectivity index (χ3n) is 18.5. The zero-order valence-electron chi connectivity index (χ0n) is 63.6. The number of hydrogen-bond donors (Lipinski definition) is 15. The number of aromatic nitrogens is 3. The van der Waals surface area contributed by atoms with Gasteiger partial charge in [-0.1, -0.05) is 97.1 Å². The third-order valence-corrected chi connectivity index (χ3v) is 21.8. The number of carbonyl (C=O) groups is 9. The second kappa shape index (κ2) is 40.8. The molecule has 37 heteroatoms. The number of nitrogens with one attached hydrogen (secondary N) is 8. The number of benzene rings is 5. The molecule has 8 rings (SSSR count). The molecular weight excluding hydrogens is 1530 g/mol. The number of amides is 5. The Morgan fingerprint density at radius 2 is 1.18 bits per heavy atom. The summed E-state index contributed by atoms with van der Waals surface area (Å²) in [5.41, 5.74) is 2.74. The molecule has 1 unspecified atom stereocenters. The summed E-state index contributed by atoms with van der Waals surface area (Å²) in [7, 11) is -12.1. The molecule has 113 heavy (non-hydrogen) atoms. The molecule has 0 aliphatic carbocycles. The van der Waals surface area contributed by atoms with Gasteiger partial charge in [0.05, 0.1) is 69.9 Å². The predicted molar refractivity (Wildman–Crippen MR) is 426 cm³/mol. The van der Waals surface area contributed by atoms with Gasteiger partial charge in [0.15, 0.2) is 0 Å². The minimum atomic E-state index is -4.62. The number of imidazole rings is 1. The summed E-state index contributed by atoms with van der Waals surface area (Å²) >= 11 is 0. The average Bonchev–Trinajstić information content (AvgIpc) is 1.72. The third kappa shape index (κ3) is 26.1. The number of carboxylic acid groups (broad SMARTS) is 1. The lowest BCUT2D eigenvalue weighted by Gasteiger charge is -2.38. The summed E-state index contributed by atoms with van der Waals surface area (Å²) < 4.78 is 99.8. The first-order chi connectivity index (χ1) is 53.5. The fourth-order valence-corrected chi connectivity index (χ4v) is 16.6. The number of ether oxygens (including phenoxy) is 1. The summed E-state index contributed by atoms with van der Waals surface area (Å²) in [4.78, 5) is 141. The van der Waals surface area contributed by atoms with Crippen LogP contribution in [0.15, 0.2) is 150 Å². The van der Waals surface area contributed by atoms with Crippen LogP contribution in [0.25, 0.3) is 10.9 Å². The van der Waals surface area contributed by atoms with Crippen molar-refractivity contribution in [3.05, 3.63) is 189 Å². The van der Waals surface area contributed by atoms with Gasteiger partial charge in [-0.25, -0.2) is 13.4 Å². The molecule has 34 nitrogen and oxygen atoms in total. The van der Waals surface area contributed by atoms with E-state index in [-0.39, 0.29) is 128 Å². The maximum absolute atomic E-state index is 14.0. The van der Waals surface area contributed by atoms with Gasteiger partial charge in [-0.05, 0) is 98.7 Å². The zero-order chi connectivity index (χ0) is 82.4. The van der Waals surface area contributed by atoms with Gasteiger partial charge in [0.1, 0.15) is 52.3 Å². The van der Waals surface area contributed by atoms with Gasteiger partial charge in [0.2, 0.25) is 45.0 Å². The van der Waals surface area contributed by atoms with E-state index < -0.39 is 127 Å². The number of fused-ring (bicyclic) bond motifs is 1. The highest BCUT2D eigenvalue weighted by Crippen LogP contribution is 2.43. The number of nitrogens with zero attached hydrogens (tertiary/aromatic N) is 6. The van der Waals surface area contributed by atoms with Gasteiger partial charge in [-0.15, -0.1) is 0 Å². The Labute approximate surface area is 657 Å². The molecule has 1 aliphatic heterocycles. The summed E-state index contributed by atoms with van der Waals surface area (Å²) in [6, 6.07) is 31.7. The number of Topliss-reactive ketones (excluding diaryl/α,β-unsaturated/α-hetero) is 3. The van der Waals surface area contributed by atoms with Crippen LogP contribution >= 0.6 is 21.7 Å². The smallest absolute Gasteiger partial charge is 0.323 e. The van der Waals surface area contributed by atoms with E-state index in [2.05, 4.69) is 82.9 Å². The predicted octanol–water partition coefficient (Wildman–Crippen LogP) is 3.81. The van der Waals surface area contributed by atoms with Gasteiger partial charge in [0.25, 0.3) is 5.91 Å². The molecule has 0 saturated carbocycles. The number of aliphatic carboxylic acids is 1.